The molecule has 0 unspecified atom stereocenters. The number of likely N-dealkylation sites (N-methyl/N-ethyl adjacent to an activating group) is 1. The van der Waals surface area contributed by atoms with Crippen molar-refractivity contribution in [3.63, 3.8) is 0 Å². The van der Waals surface area contributed by atoms with E-state index in [0.29, 0.717) is 17.8 Å². The molecule has 6 nitrogen and oxygen atoms in total. The first kappa shape index (κ1) is 23.0. The molecule has 2 N–H and O–H groups in total. The van der Waals surface area contributed by atoms with Crippen LogP contribution >= 0.6 is 11.3 Å². The summed E-state index contributed by atoms with van der Waals surface area (Å²) in [4.78, 5) is 15.9. The van der Waals surface area contributed by atoms with Crippen molar-refractivity contribution in [2.24, 2.45) is 0 Å². The number of rotatable bonds is 8. The summed E-state index contributed by atoms with van der Waals surface area (Å²) in [5, 5.41) is 4.95. The van der Waals surface area contributed by atoms with Gasteiger partial charge in [-0.05, 0) is 80.8 Å². The van der Waals surface area contributed by atoms with E-state index in [4.69, 9.17) is 0 Å². The van der Waals surface area contributed by atoms with Gasteiger partial charge in [-0.1, -0.05) is 18.2 Å². The van der Waals surface area contributed by atoms with Crippen LogP contribution in [0.3, 0.4) is 0 Å². The molecule has 1 aromatic heterocycles. The molecule has 1 atom stereocenters. The van der Waals surface area contributed by atoms with Gasteiger partial charge in [0.25, 0.3) is 15.9 Å². The summed E-state index contributed by atoms with van der Waals surface area (Å²) in [5.74, 6) is -0.241. The Balaban J connectivity index is 1.69. The highest BCUT2D eigenvalue weighted by Crippen LogP contribution is 2.23. The summed E-state index contributed by atoms with van der Waals surface area (Å²) in [6, 6.07) is 15.5. The smallest absolute Gasteiger partial charge is 0.261 e. The minimum Gasteiger partial charge on any atom is -0.350 e. The molecule has 31 heavy (non-hydrogen) atoms. The number of carbonyl (C=O) groups excluding carboxylic acids is 1. The maximum absolute atomic E-state index is 12.8. The van der Waals surface area contributed by atoms with Crippen LogP contribution in [0.4, 0.5) is 5.69 Å². The van der Waals surface area contributed by atoms with E-state index in [0.717, 1.165) is 11.1 Å². The molecule has 0 bridgehead atoms. The fraction of sp³-hybridized carbons (Fsp3) is 0.261. The lowest BCUT2D eigenvalue weighted by atomic mass is 10.1. The first-order valence-electron chi connectivity index (χ1n) is 9.86. The van der Waals surface area contributed by atoms with Crippen LogP contribution in [0.5, 0.6) is 0 Å². The summed E-state index contributed by atoms with van der Waals surface area (Å²) < 4.78 is 28.1. The fourth-order valence-electron chi connectivity index (χ4n) is 3.16. The molecule has 1 heterocycles. The van der Waals surface area contributed by atoms with E-state index in [9.17, 15) is 13.2 Å². The number of anilines is 1. The molecular formula is C23H27N3O3S2. The lowest BCUT2D eigenvalue weighted by Crippen LogP contribution is -2.34. The van der Waals surface area contributed by atoms with Gasteiger partial charge in [0.2, 0.25) is 0 Å². The SMILES string of the molecule is Cc1cccc(NS(=O)(=O)c2ccc(C(=O)NC[C@H](c3cccs3)N(C)C)cc2)c1C. The molecular weight excluding hydrogens is 430 g/mol. The number of benzene rings is 2. The second-order valence-corrected chi connectivity index (χ2v) is 10.2. The minimum atomic E-state index is -3.75. The molecule has 0 saturated heterocycles. The molecule has 0 aliphatic rings. The van der Waals surface area contributed by atoms with Gasteiger partial charge in [-0.15, -0.1) is 11.3 Å². The molecule has 0 fully saturated rings. The molecule has 0 radical (unpaired) electrons. The number of carbonyl (C=O) groups is 1. The van der Waals surface area contributed by atoms with Gasteiger partial charge in [0.15, 0.2) is 0 Å². The minimum absolute atomic E-state index is 0.0744. The third-order valence-electron chi connectivity index (χ3n) is 5.23. The molecule has 3 aromatic rings. The molecule has 2 aromatic carbocycles. The highest BCUT2D eigenvalue weighted by molar-refractivity contribution is 7.92. The lowest BCUT2D eigenvalue weighted by molar-refractivity contribution is 0.0942. The van der Waals surface area contributed by atoms with Gasteiger partial charge in [-0.2, -0.15) is 0 Å². The van der Waals surface area contributed by atoms with Crippen LogP contribution in [-0.2, 0) is 10.0 Å². The van der Waals surface area contributed by atoms with E-state index in [1.165, 1.54) is 29.1 Å². The van der Waals surface area contributed by atoms with Crippen LogP contribution in [0.25, 0.3) is 0 Å². The Kier molecular flexibility index (Phi) is 7.15. The number of sulfonamides is 1. The fourth-order valence-corrected chi connectivity index (χ4v) is 5.21. The normalized spacial score (nSPS) is 12.5. The zero-order valence-electron chi connectivity index (χ0n) is 18.0. The third kappa shape index (κ3) is 5.52. The van der Waals surface area contributed by atoms with Gasteiger partial charge >= 0.3 is 0 Å². The second kappa shape index (κ2) is 9.64. The predicted molar refractivity (Wildman–Crippen MR) is 126 cm³/mol. The zero-order valence-corrected chi connectivity index (χ0v) is 19.7. The molecule has 0 spiro atoms. The monoisotopic (exact) mass is 457 g/mol. The number of aryl methyl sites for hydroxylation is 1. The molecule has 0 aliphatic carbocycles. The summed E-state index contributed by atoms with van der Waals surface area (Å²) in [6.45, 7) is 4.26. The highest BCUT2D eigenvalue weighted by atomic mass is 32.2. The van der Waals surface area contributed by atoms with Crippen LogP contribution in [0, 0.1) is 13.8 Å². The molecule has 8 heteroatoms. The second-order valence-electron chi connectivity index (χ2n) is 7.58. The maximum Gasteiger partial charge on any atom is 0.261 e. The van der Waals surface area contributed by atoms with Gasteiger partial charge < -0.3 is 10.2 Å². The topological polar surface area (TPSA) is 78.5 Å². The van der Waals surface area contributed by atoms with Crippen molar-refractivity contribution >= 4 is 33.0 Å². The number of hydrogen-bond acceptors (Lipinski definition) is 5. The Morgan fingerprint density at radius 3 is 2.35 bits per heavy atom. The third-order valence-corrected chi connectivity index (χ3v) is 7.58. The summed E-state index contributed by atoms with van der Waals surface area (Å²) in [6.07, 6.45) is 0. The van der Waals surface area contributed by atoms with Gasteiger partial charge in [-0.3, -0.25) is 9.52 Å². The quantitative estimate of drug-likeness (QED) is 0.531. The average Bonchev–Trinajstić information content (AvgIpc) is 3.25. The van der Waals surface area contributed by atoms with Crippen molar-refractivity contribution in [2.75, 3.05) is 25.4 Å². The Labute approximate surface area is 188 Å². The molecule has 0 aliphatic heterocycles. The Morgan fingerprint density at radius 2 is 1.74 bits per heavy atom. The van der Waals surface area contributed by atoms with Gasteiger partial charge in [0, 0.05) is 17.0 Å². The zero-order chi connectivity index (χ0) is 22.6. The van der Waals surface area contributed by atoms with Gasteiger partial charge in [0.05, 0.1) is 16.6 Å². The average molecular weight is 458 g/mol. The number of thiophene rings is 1. The van der Waals surface area contributed by atoms with Crippen LogP contribution in [0.2, 0.25) is 0 Å². The van der Waals surface area contributed by atoms with Crippen molar-refractivity contribution in [3.8, 4) is 0 Å². The van der Waals surface area contributed by atoms with Gasteiger partial charge in [-0.25, -0.2) is 8.42 Å². The van der Waals surface area contributed by atoms with E-state index in [1.807, 2.05) is 57.6 Å². The number of nitrogens with zero attached hydrogens (tertiary/aromatic N) is 1. The predicted octanol–water partition coefficient (Wildman–Crippen LogP) is 4.20. The van der Waals surface area contributed by atoms with Crippen LogP contribution in [0.15, 0.2) is 64.9 Å². The van der Waals surface area contributed by atoms with E-state index in [2.05, 4.69) is 14.9 Å². The van der Waals surface area contributed by atoms with E-state index in [-0.39, 0.29) is 16.8 Å². The van der Waals surface area contributed by atoms with Crippen LogP contribution in [0.1, 0.15) is 32.4 Å². The number of hydrogen-bond donors (Lipinski definition) is 2. The highest BCUT2D eigenvalue weighted by Gasteiger charge is 2.19. The molecule has 164 valence electrons. The summed E-state index contributed by atoms with van der Waals surface area (Å²) in [7, 11) is 0.194. The Hall–Kier alpha value is -2.68. The van der Waals surface area contributed by atoms with Crippen molar-refractivity contribution in [2.45, 2.75) is 24.8 Å². The largest absolute Gasteiger partial charge is 0.350 e. The number of nitrogens with one attached hydrogen (secondary N) is 2. The van der Waals surface area contributed by atoms with Gasteiger partial charge in [0.1, 0.15) is 0 Å². The lowest BCUT2D eigenvalue weighted by Gasteiger charge is -2.23. The first-order valence-corrected chi connectivity index (χ1v) is 12.2. The standard InChI is InChI=1S/C23H27N3O3S2/c1-16-7-5-8-20(17(16)2)25-31(28,29)19-12-10-18(11-13-19)23(27)24-15-21(26(3)4)22-9-6-14-30-22/h5-14,21,25H,15H2,1-4H3,(H,24,27)/t21-/m1/s1. The van der Waals surface area contributed by atoms with Crippen molar-refractivity contribution in [3.05, 3.63) is 81.5 Å². The van der Waals surface area contributed by atoms with Crippen LogP contribution < -0.4 is 10.0 Å². The summed E-state index contributed by atoms with van der Waals surface area (Å²) >= 11 is 1.65. The number of amides is 1. The van der Waals surface area contributed by atoms with Crippen molar-refractivity contribution in [1.82, 2.24) is 10.2 Å². The van der Waals surface area contributed by atoms with Crippen molar-refractivity contribution in [1.29, 1.82) is 0 Å². The van der Waals surface area contributed by atoms with E-state index >= 15 is 0 Å². The van der Waals surface area contributed by atoms with E-state index < -0.39 is 10.0 Å². The van der Waals surface area contributed by atoms with Crippen LogP contribution in [-0.4, -0.2) is 39.9 Å². The molecule has 0 saturated carbocycles. The van der Waals surface area contributed by atoms with E-state index in [1.54, 1.807) is 17.4 Å². The molecule has 1 amide bonds. The van der Waals surface area contributed by atoms with Crippen molar-refractivity contribution < 1.29 is 13.2 Å². The molecule has 3 rings (SSSR count). The Bertz CT molecular complexity index is 1140. The Morgan fingerprint density at radius 1 is 1.03 bits per heavy atom. The maximum atomic E-state index is 12.8. The first-order chi connectivity index (χ1) is 14.7. The summed E-state index contributed by atoms with van der Waals surface area (Å²) in [5.41, 5.74) is 2.84.